The van der Waals surface area contributed by atoms with Gasteiger partial charge < -0.3 is 25.2 Å². The molecule has 252 valence electrons. The largest absolute Gasteiger partial charge is 0.378 e. The first-order chi connectivity index (χ1) is 24.4. The van der Waals surface area contributed by atoms with Gasteiger partial charge >= 0.3 is 0 Å². The van der Waals surface area contributed by atoms with E-state index in [2.05, 4.69) is 25.3 Å². The van der Waals surface area contributed by atoms with Gasteiger partial charge in [0.05, 0.1) is 58.8 Å². The minimum Gasteiger partial charge on any atom is -0.378 e. The molecule has 0 amide bonds. The van der Waals surface area contributed by atoms with Crippen molar-refractivity contribution in [2.45, 2.75) is 16.4 Å². The Kier molecular flexibility index (Phi) is 8.11. The molecular formula is C37H34N8O4S. The van der Waals surface area contributed by atoms with Crippen LogP contribution in [-0.4, -0.2) is 76.2 Å². The van der Waals surface area contributed by atoms with Crippen LogP contribution in [0.1, 0.15) is 22.5 Å². The summed E-state index contributed by atoms with van der Waals surface area (Å²) in [6, 6.07) is 33.0. The fraction of sp³-hybridized carbons (Fsp3) is 0.189. The molecule has 50 heavy (non-hydrogen) atoms. The molecular weight excluding hydrogens is 653 g/mol. The lowest BCUT2D eigenvalue weighted by Gasteiger charge is -2.43. The number of anilines is 3. The Morgan fingerprint density at radius 1 is 0.700 bits per heavy atom. The van der Waals surface area contributed by atoms with Crippen molar-refractivity contribution in [2.75, 3.05) is 42.8 Å². The predicted octanol–water partition coefficient (Wildman–Crippen LogP) is 4.26. The van der Waals surface area contributed by atoms with Gasteiger partial charge in [-0.05, 0) is 59.7 Å². The maximum Gasteiger partial charge on any atom is 0.245 e. The topological polar surface area (TPSA) is 142 Å². The summed E-state index contributed by atoms with van der Waals surface area (Å²) in [6.07, 6.45) is 4.70. The SMILES string of the molecule is CS(=O)c1ncc2ccc(C(O)(c3ccccc3)C(O)(c3ccccc3)c3ccc4cnc(Nc5ccc(N6CCOCC6)cc5)nn34)n2n1. The lowest BCUT2D eigenvalue weighted by atomic mass is 9.69. The number of rotatable bonds is 9. The minimum atomic E-state index is -2.18. The van der Waals surface area contributed by atoms with Gasteiger partial charge in [0.2, 0.25) is 11.1 Å². The number of aliphatic hydroxyl groups is 2. The molecule has 4 aromatic heterocycles. The van der Waals surface area contributed by atoms with Gasteiger partial charge in [-0.1, -0.05) is 60.7 Å². The van der Waals surface area contributed by atoms with Crippen molar-refractivity contribution in [3.8, 4) is 0 Å². The van der Waals surface area contributed by atoms with E-state index in [1.165, 1.54) is 10.8 Å². The molecule has 0 bridgehead atoms. The highest BCUT2D eigenvalue weighted by Crippen LogP contribution is 2.50. The van der Waals surface area contributed by atoms with Crippen LogP contribution in [0.5, 0.6) is 0 Å². The standard InChI is InChI=1S/C37H34N8O4S/c1-50(48)35-39-25-31-17-19-33(45(31)42-35)37(47,27-10-6-3-7-11-27)36(46,26-8-4-2-5-9-26)32-18-16-30-24-38-34(41-44(30)32)40-28-12-14-29(15-13-28)43-20-22-49-23-21-43/h2-19,24-25,46-47H,20-23H2,1H3,(H,40,41). The monoisotopic (exact) mass is 686 g/mol. The summed E-state index contributed by atoms with van der Waals surface area (Å²) in [6.45, 7) is 3.09. The number of fused-ring (bicyclic) bond motifs is 2. The van der Waals surface area contributed by atoms with Crippen LogP contribution < -0.4 is 10.2 Å². The van der Waals surface area contributed by atoms with Crippen LogP contribution in [0.15, 0.2) is 127 Å². The zero-order valence-electron chi connectivity index (χ0n) is 27.1. The van der Waals surface area contributed by atoms with Gasteiger partial charge in [-0.3, -0.25) is 4.21 Å². The molecule has 12 nitrogen and oxygen atoms in total. The summed E-state index contributed by atoms with van der Waals surface area (Å²) < 4.78 is 21.0. The van der Waals surface area contributed by atoms with Crippen molar-refractivity contribution < 1.29 is 19.2 Å². The fourth-order valence-electron chi connectivity index (χ4n) is 6.67. The molecule has 3 N–H and O–H groups in total. The van der Waals surface area contributed by atoms with Crippen LogP contribution in [0.25, 0.3) is 11.0 Å². The average Bonchev–Trinajstić information content (AvgIpc) is 3.80. The second-order valence-electron chi connectivity index (χ2n) is 12.1. The van der Waals surface area contributed by atoms with Crippen LogP contribution in [0.2, 0.25) is 0 Å². The molecule has 3 aromatic carbocycles. The lowest BCUT2D eigenvalue weighted by molar-refractivity contribution is -0.119. The Hall–Kier alpha value is -5.47. The summed E-state index contributed by atoms with van der Waals surface area (Å²) in [5.41, 5.74) is 0.0192. The van der Waals surface area contributed by atoms with Crippen molar-refractivity contribution in [1.82, 2.24) is 29.2 Å². The van der Waals surface area contributed by atoms with E-state index >= 15 is 0 Å². The molecule has 3 unspecified atom stereocenters. The highest BCUT2D eigenvalue weighted by molar-refractivity contribution is 7.84. The van der Waals surface area contributed by atoms with Gasteiger partial charge in [-0.25, -0.2) is 19.0 Å². The summed E-state index contributed by atoms with van der Waals surface area (Å²) >= 11 is 0. The molecule has 7 aromatic rings. The normalized spacial score (nSPS) is 16.6. The molecule has 1 saturated heterocycles. The number of hydrogen-bond donors (Lipinski definition) is 3. The number of nitrogens with one attached hydrogen (secondary N) is 1. The number of ether oxygens (including phenoxy) is 1. The van der Waals surface area contributed by atoms with Crippen molar-refractivity contribution in [3.05, 3.63) is 144 Å². The molecule has 3 atom stereocenters. The summed E-state index contributed by atoms with van der Waals surface area (Å²) in [7, 11) is -1.50. The van der Waals surface area contributed by atoms with Crippen molar-refractivity contribution >= 4 is 39.2 Å². The molecule has 0 aliphatic carbocycles. The van der Waals surface area contributed by atoms with Crippen LogP contribution >= 0.6 is 0 Å². The van der Waals surface area contributed by atoms with E-state index in [9.17, 15) is 14.4 Å². The summed E-state index contributed by atoms with van der Waals surface area (Å²) in [5, 5.41) is 39.7. The highest BCUT2D eigenvalue weighted by atomic mass is 32.2. The van der Waals surface area contributed by atoms with E-state index in [1.807, 2.05) is 36.4 Å². The van der Waals surface area contributed by atoms with Crippen LogP contribution in [0.3, 0.4) is 0 Å². The third-order valence-corrected chi connectivity index (χ3v) is 9.88. The number of nitrogens with zero attached hydrogens (tertiary/aromatic N) is 7. The third kappa shape index (κ3) is 5.31. The maximum absolute atomic E-state index is 13.5. The number of morpholine rings is 1. The Balaban J connectivity index is 1.30. The molecule has 1 aliphatic rings. The van der Waals surface area contributed by atoms with Crippen LogP contribution in [-0.2, 0) is 26.7 Å². The molecule has 0 radical (unpaired) electrons. The number of benzene rings is 3. The number of hydrogen-bond acceptors (Lipinski definition) is 10. The van der Waals surface area contributed by atoms with Crippen LogP contribution in [0, 0.1) is 0 Å². The first-order valence-electron chi connectivity index (χ1n) is 16.2. The van der Waals surface area contributed by atoms with Gasteiger partial charge in [-0.15, -0.1) is 10.2 Å². The third-order valence-electron chi connectivity index (χ3n) is 9.18. The molecule has 5 heterocycles. The summed E-state index contributed by atoms with van der Waals surface area (Å²) in [4.78, 5) is 11.1. The maximum atomic E-state index is 13.5. The Morgan fingerprint density at radius 2 is 1.24 bits per heavy atom. The molecule has 1 aliphatic heterocycles. The van der Waals surface area contributed by atoms with Gasteiger partial charge in [-0.2, -0.15) is 0 Å². The van der Waals surface area contributed by atoms with Gasteiger partial charge in [0.1, 0.15) is 0 Å². The Labute approximate surface area is 290 Å². The Bertz CT molecular complexity index is 2310. The smallest absolute Gasteiger partial charge is 0.245 e. The van der Waals surface area contributed by atoms with E-state index in [4.69, 9.17) is 9.84 Å². The molecule has 1 fully saturated rings. The van der Waals surface area contributed by atoms with Crippen molar-refractivity contribution in [1.29, 1.82) is 0 Å². The van der Waals surface area contributed by atoms with Crippen molar-refractivity contribution in [3.63, 3.8) is 0 Å². The second kappa shape index (κ2) is 12.8. The quantitative estimate of drug-likeness (QED) is 0.202. The first-order valence-corrected chi connectivity index (χ1v) is 17.7. The van der Waals surface area contributed by atoms with Crippen molar-refractivity contribution in [2.24, 2.45) is 0 Å². The zero-order valence-corrected chi connectivity index (χ0v) is 27.9. The fourth-order valence-corrected chi connectivity index (χ4v) is 7.07. The Morgan fingerprint density at radius 3 is 1.80 bits per heavy atom. The highest BCUT2D eigenvalue weighted by Gasteiger charge is 2.57. The molecule has 0 saturated carbocycles. The minimum absolute atomic E-state index is 0.0863. The molecule has 13 heteroatoms. The second-order valence-corrected chi connectivity index (χ2v) is 13.4. The van der Waals surface area contributed by atoms with Gasteiger partial charge in [0, 0.05) is 30.7 Å². The van der Waals surface area contributed by atoms with E-state index in [0.29, 0.717) is 41.3 Å². The molecule has 0 spiro atoms. The van der Waals surface area contributed by atoms with E-state index in [-0.39, 0.29) is 16.5 Å². The number of aromatic nitrogens is 6. The lowest BCUT2D eigenvalue weighted by Crippen LogP contribution is -2.52. The van der Waals surface area contributed by atoms with E-state index in [1.54, 1.807) is 89.7 Å². The van der Waals surface area contributed by atoms with E-state index in [0.717, 1.165) is 24.5 Å². The van der Waals surface area contributed by atoms with Gasteiger partial charge in [0.25, 0.3) is 0 Å². The first kappa shape index (κ1) is 31.8. The predicted molar refractivity (Wildman–Crippen MR) is 190 cm³/mol. The van der Waals surface area contributed by atoms with Gasteiger partial charge in [0.15, 0.2) is 11.2 Å². The zero-order chi connectivity index (χ0) is 34.3. The summed E-state index contributed by atoms with van der Waals surface area (Å²) in [5.74, 6) is 0.295. The van der Waals surface area contributed by atoms with Crippen LogP contribution in [0.4, 0.5) is 17.3 Å². The molecule has 8 rings (SSSR count). The van der Waals surface area contributed by atoms with E-state index < -0.39 is 22.0 Å². The average molecular weight is 687 g/mol.